The van der Waals surface area contributed by atoms with E-state index in [0.29, 0.717) is 10.2 Å². The average molecular weight is 392 g/mol. The summed E-state index contributed by atoms with van der Waals surface area (Å²) in [4.78, 5) is 19.3. The van der Waals surface area contributed by atoms with Gasteiger partial charge in [-0.05, 0) is 33.8 Å². The molecule has 0 aromatic carbocycles. The molecule has 2 rings (SSSR count). The fraction of sp³-hybridized carbons (Fsp3) is 0.182. The summed E-state index contributed by atoms with van der Waals surface area (Å²) in [5, 5.41) is 1.58. The third-order valence-electron chi connectivity index (χ3n) is 2.42. The SMILES string of the molecule is COC(=O)c1scc(C)c1S(=O)(=O)Nc1cnc(Br)cn1. The van der Waals surface area contributed by atoms with Gasteiger partial charge in [-0.25, -0.2) is 23.2 Å². The summed E-state index contributed by atoms with van der Waals surface area (Å²) in [6.45, 7) is 1.60. The van der Waals surface area contributed by atoms with Crippen molar-refractivity contribution < 1.29 is 17.9 Å². The Balaban J connectivity index is 2.42. The van der Waals surface area contributed by atoms with Crippen LogP contribution in [0, 0.1) is 6.92 Å². The minimum absolute atomic E-state index is 0.0209. The van der Waals surface area contributed by atoms with E-state index in [0.717, 1.165) is 11.3 Å². The number of methoxy groups -OCH3 is 1. The van der Waals surface area contributed by atoms with Crippen LogP contribution in [0.15, 0.2) is 27.3 Å². The number of nitrogens with zero attached hydrogens (tertiary/aromatic N) is 2. The van der Waals surface area contributed by atoms with E-state index in [-0.39, 0.29) is 15.6 Å². The molecule has 2 aromatic rings. The lowest BCUT2D eigenvalue weighted by atomic mass is 10.3. The van der Waals surface area contributed by atoms with Gasteiger partial charge in [0, 0.05) is 0 Å². The smallest absolute Gasteiger partial charge is 0.349 e. The molecule has 1 N–H and O–H groups in total. The molecule has 0 aliphatic carbocycles. The standard InChI is InChI=1S/C11H10BrN3O4S2/c1-6-5-20-9(11(16)19-2)10(6)21(17,18)15-8-4-13-7(12)3-14-8/h3-5H,1-2H3,(H,14,15). The number of aromatic nitrogens is 2. The van der Waals surface area contributed by atoms with Crippen LogP contribution in [-0.4, -0.2) is 31.5 Å². The first-order valence-corrected chi connectivity index (χ1v) is 8.67. The maximum Gasteiger partial charge on any atom is 0.349 e. The molecule has 0 radical (unpaired) electrons. The van der Waals surface area contributed by atoms with Gasteiger partial charge in [-0.15, -0.1) is 11.3 Å². The van der Waals surface area contributed by atoms with Crippen LogP contribution in [0.5, 0.6) is 0 Å². The molecule has 0 spiro atoms. The number of sulfonamides is 1. The second kappa shape index (κ2) is 6.08. The summed E-state index contributed by atoms with van der Waals surface area (Å²) in [6.07, 6.45) is 2.63. The van der Waals surface area contributed by atoms with Crippen molar-refractivity contribution in [3.8, 4) is 0 Å². The van der Waals surface area contributed by atoms with E-state index in [4.69, 9.17) is 0 Å². The molecule has 0 aliphatic heterocycles. The zero-order valence-electron chi connectivity index (χ0n) is 11.0. The first kappa shape index (κ1) is 15.9. The van der Waals surface area contributed by atoms with Crippen LogP contribution in [0.2, 0.25) is 0 Å². The summed E-state index contributed by atoms with van der Waals surface area (Å²) >= 11 is 4.12. The number of nitrogens with one attached hydrogen (secondary N) is 1. The van der Waals surface area contributed by atoms with Crippen molar-refractivity contribution in [3.63, 3.8) is 0 Å². The van der Waals surface area contributed by atoms with Gasteiger partial charge in [-0.2, -0.15) is 0 Å². The zero-order chi connectivity index (χ0) is 15.6. The van der Waals surface area contributed by atoms with Crippen molar-refractivity contribution in [1.82, 2.24) is 9.97 Å². The Morgan fingerprint density at radius 3 is 2.67 bits per heavy atom. The third-order valence-corrected chi connectivity index (χ3v) is 5.57. The molecule has 0 atom stereocenters. The van der Waals surface area contributed by atoms with E-state index in [1.807, 2.05) is 0 Å². The van der Waals surface area contributed by atoms with Crippen molar-refractivity contribution in [2.45, 2.75) is 11.8 Å². The summed E-state index contributed by atoms with van der Waals surface area (Å²) in [6, 6.07) is 0. The topological polar surface area (TPSA) is 98.2 Å². The number of hydrogen-bond acceptors (Lipinski definition) is 7. The van der Waals surface area contributed by atoms with Crippen LogP contribution in [0.3, 0.4) is 0 Å². The number of anilines is 1. The predicted octanol–water partition coefficient (Wildman–Crippen LogP) is 2.20. The van der Waals surface area contributed by atoms with Gasteiger partial charge in [0.15, 0.2) is 5.82 Å². The molecule has 112 valence electrons. The molecule has 0 unspecified atom stereocenters. The summed E-state index contributed by atoms with van der Waals surface area (Å²) in [5.74, 6) is -0.644. The van der Waals surface area contributed by atoms with Crippen molar-refractivity contribution in [3.05, 3.63) is 32.8 Å². The van der Waals surface area contributed by atoms with Gasteiger partial charge >= 0.3 is 5.97 Å². The van der Waals surface area contributed by atoms with E-state index >= 15 is 0 Å². The average Bonchev–Trinajstić information content (AvgIpc) is 2.83. The molecule has 0 amide bonds. The van der Waals surface area contributed by atoms with Crippen LogP contribution in [0.1, 0.15) is 15.2 Å². The Kier molecular flexibility index (Phi) is 4.59. The highest BCUT2D eigenvalue weighted by Gasteiger charge is 2.28. The number of halogens is 1. The Labute approximate surface area is 133 Å². The van der Waals surface area contributed by atoms with Crippen molar-refractivity contribution in [2.24, 2.45) is 0 Å². The van der Waals surface area contributed by atoms with E-state index in [1.54, 1.807) is 12.3 Å². The highest BCUT2D eigenvalue weighted by Crippen LogP contribution is 2.28. The zero-order valence-corrected chi connectivity index (χ0v) is 14.2. The first-order chi connectivity index (χ1) is 9.85. The number of carbonyl (C=O) groups excluding carboxylic acids is 1. The number of carbonyl (C=O) groups is 1. The summed E-state index contributed by atoms with van der Waals surface area (Å²) in [7, 11) is -2.76. The van der Waals surface area contributed by atoms with Crippen LogP contribution in [-0.2, 0) is 14.8 Å². The van der Waals surface area contributed by atoms with Gasteiger partial charge < -0.3 is 4.74 Å². The van der Waals surface area contributed by atoms with Gasteiger partial charge in [0.25, 0.3) is 10.0 Å². The minimum Gasteiger partial charge on any atom is -0.465 e. The molecule has 2 aromatic heterocycles. The number of hydrogen-bond donors (Lipinski definition) is 1. The summed E-state index contributed by atoms with van der Waals surface area (Å²) < 4.78 is 32.2. The van der Waals surface area contributed by atoms with Crippen LogP contribution >= 0.6 is 27.3 Å². The van der Waals surface area contributed by atoms with Gasteiger partial charge in [-0.1, -0.05) is 0 Å². The van der Waals surface area contributed by atoms with Crippen LogP contribution < -0.4 is 4.72 Å². The fourth-order valence-electron chi connectivity index (χ4n) is 1.55. The van der Waals surface area contributed by atoms with E-state index in [2.05, 4.69) is 35.4 Å². The van der Waals surface area contributed by atoms with Gasteiger partial charge in [-0.3, -0.25) is 4.72 Å². The molecule has 0 aliphatic rings. The maximum atomic E-state index is 12.4. The molecule has 21 heavy (non-hydrogen) atoms. The molecule has 0 saturated heterocycles. The Morgan fingerprint density at radius 2 is 2.10 bits per heavy atom. The Hall–Kier alpha value is -1.52. The second-order valence-electron chi connectivity index (χ2n) is 3.90. The Bertz CT molecular complexity index is 771. The molecule has 0 fully saturated rings. The molecular formula is C11H10BrN3O4S2. The highest BCUT2D eigenvalue weighted by molar-refractivity contribution is 9.10. The summed E-state index contributed by atoms with van der Waals surface area (Å²) in [5.41, 5.74) is 0.456. The van der Waals surface area contributed by atoms with Crippen molar-refractivity contribution in [1.29, 1.82) is 0 Å². The van der Waals surface area contributed by atoms with Crippen molar-refractivity contribution >= 4 is 49.1 Å². The number of aryl methyl sites for hydroxylation is 1. The minimum atomic E-state index is -3.96. The predicted molar refractivity (Wildman–Crippen MR) is 80.9 cm³/mol. The fourth-order valence-corrected chi connectivity index (χ4v) is 4.46. The molecule has 7 nitrogen and oxygen atoms in total. The van der Waals surface area contributed by atoms with Gasteiger partial charge in [0.2, 0.25) is 0 Å². The maximum absolute atomic E-state index is 12.4. The first-order valence-electron chi connectivity index (χ1n) is 5.52. The lowest BCUT2D eigenvalue weighted by Crippen LogP contribution is -2.17. The normalized spacial score (nSPS) is 11.2. The van der Waals surface area contributed by atoms with Crippen molar-refractivity contribution in [2.75, 3.05) is 11.8 Å². The van der Waals surface area contributed by atoms with E-state index < -0.39 is 16.0 Å². The molecule has 2 heterocycles. The third kappa shape index (κ3) is 3.39. The number of rotatable bonds is 4. The lowest BCUT2D eigenvalue weighted by molar-refractivity contribution is 0.0602. The largest absolute Gasteiger partial charge is 0.465 e. The lowest BCUT2D eigenvalue weighted by Gasteiger charge is -2.08. The van der Waals surface area contributed by atoms with Crippen LogP contribution in [0.4, 0.5) is 5.82 Å². The molecule has 0 bridgehead atoms. The number of thiophene rings is 1. The van der Waals surface area contributed by atoms with Gasteiger partial charge in [0.1, 0.15) is 14.4 Å². The Morgan fingerprint density at radius 1 is 1.38 bits per heavy atom. The number of ether oxygens (including phenoxy) is 1. The molecule has 10 heteroatoms. The quantitative estimate of drug-likeness (QED) is 0.802. The van der Waals surface area contributed by atoms with Crippen LogP contribution in [0.25, 0.3) is 0 Å². The van der Waals surface area contributed by atoms with E-state index in [9.17, 15) is 13.2 Å². The second-order valence-corrected chi connectivity index (χ2v) is 7.21. The monoisotopic (exact) mass is 391 g/mol. The van der Waals surface area contributed by atoms with E-state index in [1.165, 1.54) is 19.5 Å². The van der Waals surface area contributed by atoms with Gasteiger partial charge in [0.05, 0.1) is 19.5 Å². The highest BCUT2D eigenvalue weighted by atomic mass is 79.9. The molecule has 0 saturated carbocycles. The molecular weight excluding hydrogens is 382 g/mol. The number of esters is 1.